The number of amides is 1. The van der Waals surface area contributed by atoms with Crippen molar-refractivity contribution in [2.24, 2.45) is 5.73 Å². The molecule has 1 aliphatic rings. The second-order valence-corrected chi connectivity index (χ2v) is 5.36. The van der Waals surface area contributed by atoms with Crippen LogP contribution in [0.3, 0.4) is 0 Å². The largest absolute Gasteiger partial charge is 0.444 e. The van der Waals surface area contributed by atoms with E-state index in [1.54, 1.807) is 20.8 Å². The maximum atomic E-state index is 10.0. The van der Waals surface area contributed by atoms with Crippen molar-refractivity contribution in [3.8, 4) is 0 Å². The lowest BCUT2D eigenvalue weighted by Gasteiger charge is -2.16. The van der Waals surface area contributed by atoms with Gasteiger partial charge >= 0.3 is 6.09 Å². The Labute approximate surface area is 106 Å². The van der Waals surface area contributed by atoms with Gasteiger partial charge in [-0.15, -0.1) is 0 Å². The molecule has 0 heterocycles. The molecule has 0 aliphatic heterocycles. The fraction of sp³-hybridized carbons (Fsp3) is 0.923. The lowest BCUT2D eigenvalue weighted by molar-refractivity contribution is 0.0600. The second-order valence-electron chi connectivity index (χ2n) is 5.36. The normalized spacial score (nSPS) is 16.4. The van der Waals surface area contributed by atoms with Gasteiger partial charge in [-0.05, 0) is 20.8 Å². The molecule has 0 aromatic carbocycles. The Bertz CT molecular complexity index is 164. The first-order chi connectivity index (χ1) is 7.42. The highest BCUT2D eigenvalue weighted by Gasteiger charge is 2.12. The predicted molar refractivity (Wildman–Crippen MR) is 72.4 cm³/mol. The third kappa shape index (κ3) is 17.8. The zero-order valence-corrected chi connectivity index (χ0v) is 11.8. The van der Waals surface area contributed by atoms with E-state index in [1.807, 2.05) is 0 Å². The van der Waals surface area contributed by atoms with Gasteiger partial charge in [-0.25, -0.2) is 4.79 Å². The molecule has 1 amide bonds. The van der Waals surface area contributed by atoms with Gasteiger partial charge in [-0.1, -0.05) is 51.4 Å². The quantitative estimate of drug-likeness (QED) is 0.672. The van der Waals surface area contributed by atoms with Crippen LogP contribution in [0, 0.1) is 0 Å². The third-order valence-electron chi connectivity index (χ3n) is 2.41. The minimum Gasteiger partial charge on any atom is -0.444 e. The minimum atomic E-state index is -0.725. The summed E-state index contributed by atoms with van der Waals surface area (Å²) in [5, 5.41) is 0. The van der Waals surface area contributed by atoms with Gasteiger partial charge in [0.1, 0.15) is 5.60 Å². The smallest absolute Gasteiger partial charge is 0.405 e. The highest BCUT2D eigenvalue weighted by Crippen LogP contribution is 2.15. The fourth-order valence-corrected chi connectivity index (χ4v) is 1.72. The van der Waals surface area contributed by atoms with E-state index in [1.165, 1.54) is 51.4 Å². The molecule has 17 heavy (non-hydrogen) atoms. The minimum absolute atomic E-state index is 0. The number of ether oxygens (including phenoxy) is 1. The van der Waals surface area contributed by atoms with Crippen molar-refractivity contribution in [2.45, 2.75) is 77.7 Å². The molecular weight excluding hydrogens is 216 g/mol. The molecule has 1 aliphatic carbocycles. The summed E-state index contributed by atoms with van der Waals surface area (Å²) in [5.74, 6) is 0. The van der Waals surface area contributed by atoms with Gasteiger partial charge in [0.15, 0.2) is 0 Å². The van der Waals surface area contributed by atoms with Crippen LogP contribution in [-0.4, -0.2) is 11.7 Å². The van der Waals surface area contributed by atoms with Gasteiger partial charge < -0.3 is 16.6 Å². The third-order valence-corrected chi connectivity index (χ3v) is 2.41. The van der Waals surface area contributed by atoms with Crippen LogP contribution in [0.2, 0.25) is 0 Å². The molecule has 5 N–H and O–H groups in total. The van der Waals surface area contributed by atoms with E-state index in [4.69, 9.17) is 5.73 Å². The molecule has 0 radical (unpaired) electrons. The van der Waals surface area contributed by atoms with Crippen LogP contribution in [0.1, 0.15) is 72.1 Å². The van der Waals surface area contributed by atoms with Crippen LogP contribution in [-0.2, 0) is 4.74 Å². The summed E-state index contributed by atoms with van der Waals surface area (Å²) in [6.45, 7) is 5.28. The fourth-order valence-electron chi connectivity index (χ4n) is 1.72. The molecule has 0 aromatic rings. The van der Waals surface area contributed by atoms with Crippen LogP contribution in [0.4, 0.5) is 4.79 Å². The van der Waals surface area contributed by atoms with Gasteiger partial charge in [-0.3, -0.25) is 0 Å². The molecule has 1 fully saturated rings. The van der Waals surface area contributed by atoms with E-state index in [0.29, 0.717) is 0 Å². The monoisotopic (exact) mass is 246 g/mol. The molecular formula is C13H30N2O2. The zero-order chi connectivity index (χ0) is 12.4. The van der Waals surface area contributed by atoms with E-state index in [0.717, 1.165) is 0 Å². The molecule has 0 unspecified atom stereocenters. The molecule has 104 valence electrons. The van der Waals surface area contributed by atoms with Crippen LogP contribution in [0.15, 0.2) is 0 Å². The van der Waals surface area contributed by atoms with Gasteiger partial charge in [-0.2, -0.15) is 0 Å². The van der Waals surface area contributed by atoms with Crippen molar-refractivity contribution in [2.75, 3.05) is 0 Å². The molecule has 0 bridgehead atoms. The van der Waals surface area contributed by atoms with Crippen LogP contribution < -0.4 is 11.9 Å². The summed E-state index contributed by atoms with van der Waals surface area (Å²) in [6, 6.07) is 0. The number of hydrogen-bond donors (Lipinski definition) is 2. The summed E-state index contributed by atoms with van der Waals surface area (Å²) in [6.07, 6.45) is 11.3. The Hall–Kier alpha value is -0.770. The number of nitrogens with two attached hydrogens (primary N) is 1. The van der Waals surface area contributed by atoms with E-state index in [2.05, 4.69) is 4.74 Å². The standard InChI is InChI=1S/C8H16.C5H11NO2.H3N/c1-2-4-6-8-7-5-3-1;1-5(2,3)8-4(6)7;/h1-8H2;1-3H3,(H2,6,7);1H3. The first-order valence-corrected chi connectivity index (χ1v) is 6.40. The van der Waals surface area contributed by atoms with E-state index in [-0.39, 0.29) is 6.15 Å². The van der Waals surface area contributed by atoms with E-state index in [9.17, 15) is 4.79 Å². The Balaban J connectivity index is 0. The Morgan fingerprint density at radius 1 is 0.882 bits per heavy atom. The molecule has 0 atom stereocenters. The summed E-state index contributed by atoms with van der Waals surface area (Å²) in [7, 11) is 0. The van der Waals surface area contributed by atoms with Crippen LogP contribution in [0.25, 0.3) is 0 Å². The first kappa shape index (κ1) is 18.6. The number of carbonyl (C=O) groups is 1. The van der Waals surface area contributed by atoms with E-state index >= 15 is 0 Å². The van der Waals surface area contributed by atoms with E-state index < -0.39 is 11.7 Å². The maximum Gasteiger partial charge on any atom is 0.405 e. The number of carbonyl (C=O) groups excluding carboxylic acids is 1. The van der Waals surface area contributed by atoms with Crippen molar-refractivity contribution >= 4 is 6.09 Å². The Kier molecular flexibility index (Phi) is 11.4. The van der Waals surface area contributed by atoms with Crippen molar-refractivity contribution in [3.05, 3.63) is 0 Å². The molecule has 1 saturated carbocycles. The first-order valence-electron chi connectivity index (χ1n) is 6.40. The number of primary amides is 1. The predicted octanol–water partition coefficient (Wildman–Crippen LogP) is 4.16. The Morgan fingerprint density at radius 3 is 1.18 bits per heavy atom. The molecule has 4 heteroatoms. The summed E-state index contributed by atoms with van der Waals surface area (Å²) in [5.41, 5.74) is 4.26. The molecule has 0 saturated heterocycles. The van der Waals surface area contributed by atoms with Gasteiger partial charge in [0, 0.05) is 0 Å². The summed E-state index contributed by atoms with van der Waals surface area (Å²) >= 11 is 0. The summed E-state index contributed by atoms with van der Waals surface area (Å²) < 4.78 is 4.58. The maximum absolute atomic E-state index is 10.0. The average Bonchev–Trinajstić information content (AvgIpc) is 1.96. The van der Waals surface area contributed by atoms with Gasteiger partial charge in [0.05, 0.1) is 0 Å². The van der Waals surface area contributed by atoms with Crippen LogP contribution in [0.5, 0.6) is 0 Å². The van der Waals surface area contributed by atoms with Crippen molar-refractivity contribution < 1.29 is 9.53 Å². The lowest BCUT2D eigenvalue weighted by Crippen LogP contribution is -2.27. The molecule has 1 rings (SSSR count). The van der Waals surface area contributed by atoms with Gasteiger partial charge in [0.25, 0.3) is 0 Å². The topological polar surface area (TPSA) is 87.3 Å². The molecule has 0 spiro atoms. The lowest BCUT2D eigenvalue weighted by atomic mass is 10.0. The van der Waals surface area contributed by atoms with Crippen molar-refractivity contribution in [1.82, 2.24) is 6.15 Å². The van der Waals surface area contributed by atoms with Crippen molar-refractivity contribution in [3.63, 3.8) is 0 Å². The zero-order valence-electron chi connectivity index (χ0n) is 11.8. The number of rotatable bonds is 0. The SMILES string of the molecule is C1CCCCCCC1.CC(C)(C)OC(N)=O.N. The van der Waals surface area contributed by atoms with Crippen LogP contribution >= 0.6 is 0 Å². The highest BCUT2D eigenvalue weighted by molar-refractivity contribution is 5.65. The second kappa shape index (κ2) is 10.4. The number of hydrogen-bond acceptors (Lipinski definition) is 3. The highest BCUT2D eigenvalue weighted by atomic mass is 16.6. The van der Waals surface area contributed by atoms with Crippen molar-refractivity contribution in [1.29, 1.82) is 0 Å². The summed E-state index contributed by atoms with van der Waals surface area (Å²) in [4.78, 5) is 10.0. The Morgan fingerprint density at radius 2 is 1.12 bits per heavy atom. The average molecular weight is 246 g/mol. The molecule has 4 nitrogen and oxygen atoms in total. The van der Waals surface area contributed by atoms with Gasteiger partial charge in [0.2, 0.25) is 0 Å². The molecule has 0 aromatic heterocycles.